The first kappa shape index (κ1) is 18.2. The van der Waals surface area contributed by atoms with Crippen molar-refractivity contribution in [2.24, 2.45) is 4.99 Å². The Balaban J connectivity index is 2.46. The molecule has 1 heterocycles. The second-order valence-electron chi connectivity index (χ2n) is 5.31. The average molecular weight is 318 g/mol. The van der Waals surface area contributed by atoms with Crippen LogP contribution in [0.1, 0.15) is 33.6 Å². The summed E-state index contributed by atoms with van der Waals surface area (Å²) in [6.45, 7) is 10.0. The molecular formula is C14H30N4O2S. The van der Waals surface area contributed by atoms with E-state index in [2.05, 4.69) is 27.4 Å². The van der Waals surface area contributed by atoms with Crippen LogP contribution in [0.4, 0.5) is 0 Å². The van der Waals surface area contributed by atoms with Gasteiger partial charge in [-0.15, -0.1) is 0 Å². The first-order valence-electron chi connectivity index (χ1n) is 7.99. The molecule has 1 aliphatic rings. The molecule has 6 nitrogen and oxygen atoms in total. The van der Waals surface area contributed by atoms with E-state index in [1.165, 1.54) is 12.8 Å². The summed E-state index contributed by atoms with van der Waals surface area (Å²) >= 11 is 0. The number of hydrogen-bond donors (Lipinski definition) is 2. The van der Waals surface area contributed by atoms with Gasteiger partial charge in [-0.05, 0) is 32.9 Å². The molecule has 1 unspecified atom stereocenters. The normalized spacial score (nSPS) is 20.7. The lowest BCUT2D eigenvalue weighted by molar-refractivity contribution is 0.273. The summed E-state index contributed by atoms with van der Waals surface area (Å²) in [6.07, 6.45) is 2.44. The van der Waals surface area contributed by atoms with Gasteiger partial charge in [-0.2, -0.15) is 0 Å². The fourth-order valence-electron chi connectivity index (χ4n) is 2.53. The zero-order valence-electron chi connectivity index (χ0n) is 13.6. The third-order valence-electron chi connectivity index (χ3n) is 3.85. The summed E-state index contributed by atoms with van der Waals surface area (Å²) < 4.78 is 23.0. The van der Waals surface area contributed by atoms with Gasteiger partial charge < -0.3 is 10.6 Å². The van der Waals surface area contributed by atoms with E-state index in [-0.39, 0.29) is 11.5 Å². The second-order valence-corrected chi connectivity index (χ2v) is 7.78. The van der Waals surface area contributed by atoms with Gasteiger partial charge in [0.25, 0.3) is 0 Å². The molecule has 0 saturated carbocycles. The van der Waals surface area contributed by atoms with E-state index in [0.29, 0.717) is 18.5 Å². The van der Waals surface area contributed by atoms with Crippen LogP contribution >= 0.6 is 0 Å². The van der Waals surface area contributed by atoms with Crippen LogP contribution in [0, 0.1) is 0 Å². The van der Waals surface area contributed by atoms with Crippen molar-refractivity contribution in [3.05, 3.63) is 0 Å². The number of guanidine groups is 1. The lowest BCUT2D eigenvalue weighted by Gasteiger charge is -2.21. The van der Waals surface area contributed by atoms with Gasteiger partial charge in [0.15, 0.2) is 15.8 Å². The minimum absolute atomic E-state index is 0.151. The van der Waals surface area contributed by atoms with Crippen LogP contribution in [-0.2, 0) is 9.84 Å². The van der Waals surface area contributed by atoms with Crippen molar-refractivity contribution >= 4 is 15.8 Å². The molecule has 0 aromatic carbocycles. The predicted molar refractivity (Wildman–Crippen MR) is 88.6 cm³/mol. The largest absolute Gasteiger partial charge is 0.357 e. The third-order valence-corrected chi connectivity index (χ3v) is 5.56. The van der Waals surface area contributed by atoms with Crippen molar-refractivity contribution in [2.45, 2.75) is 39.7 Å². The van der Waals surface area contributed by atoms with Crippen LogP contribution in [-0.4, -0.2) is 69.5 Å². The molecule has 7 heteroatoms. The Kier molecular flexibility index (Phi) is 8.03. The molecule has 1 saturated heterocycles. The van der Waals surface area contributed by atoms with Gasteiger partial charge in [-0.25, -0.2) is 8.42 Å². The van der Waals surface area contributed by atoms with E-state index in [1.807, 2.05) is 6.92 Å². The summed E-state index contributed by atoms with van der Waals surface area (Å²) in [6, 6.07) is 0.518. The van der Waals surface area contributed by atoms with E-state index >= 15 is 0 Å². The average Bonchev–Trinajstić information content (AvgIpc) is 2.92. The highest BCUT2D eigenvalue weighted by molar-refractivity contribution is 7.91. The Hall–Kier alpha value is -0.820. The predicted octanol–water partition coefficient (Wildman–Crippen LogP) is 0.461. The van der Waals surface area contributed by atoms with E-state index in [9.17, 15) is 8.42 Å². The van der Waals surface area contributed by atoms with Gasteiger partial charge in [0.05, 0.1) is 12.3 Å². The van der Waals surface area contributed by atoms with Crippen molar-refractivity contribution in [3.63, 3.8) is 0 Å². The monoisotopic (exact) mass is 318 g/mol. The first-order chi connectivity index (χ1) is 10.0. The fourth-order valence-corrected chi connectivity index (χ4v) is 3.23. The molecule has 1 rings (SSSR count). The quantitative estimate of drug-likeness (QED) is 0.502. The highest BCUT2D eigenvalue weighted by atomic mass is 32.2. The van der Waals surface area contributed by atoms with Gasteiger partial charge in [0.2, 0.25) is 0 Å². The number of hydrogen-bond acceptors (Lipinski definition) is 4. The number of likely N-dealkylation sites (N-methyl/N-ethyl adjacent to an activating group) is 1. The van der Waals surface area contributed by atoms with Crippen molar-refractivity contribution in [1.29, 1.82) is 0 Å². The zero-order valence-corrected chi connectivity index (χ0v) is 14.4. The van der Waals surface area contributed by atoms with Crippen LogP contribution in [0.5, 0.6) is 0 Å². The van der Waals surface area contributed by atoms with Crippen LogP contribution in [0.2, 0.25) is 0 Å². The Morgan fingerprint density at radius 1 is 1.29 bits per heavy atom. The molecule has 21 heavy (non-hydrogen) atoms. The minimum atomic E-state index is -2.93. The van der Waals surface area contributed by atoms with E-state index in [4.69, 9.17) is 0 Å². The van der Waals surface area contributed by atoms with E-state index in [0.717, 1.165) is 26.2 Å². The standard InChI is InChI=1S/C14H30N4O2S/c1-4-15-14(16-9-11-21(19,20)6-3)17-12-13-8-7-10-18(13)5-2/h13H,4-12H2,1-3H3,(H2,15,16,17). The maximum atomic E-state index is 11.5. The molecular weight excluding hydrogens is 288 g/mol. The summed E-state index contributed by atoms with van der Waals surface area (Å²) in [7, 11) is -2.93. The summed E-state index contributed by atoms with van der Waals surface area (Å²) in [4.78, 5) is 7.05. The molecule has 1 fully saturated rings. The fraction of sp³-hybridized carbons (Fsp3) is 0.929. The number of sulfone groups is 1. The topological polar surface area (TPSA) is 73.8 Å². The van der Waals surface area contributed by atoms with Gasteiger partial charge in [-0.1, -0.05) is 13.8 Å². The molecule has 0 amide bonds. The molecule has 0 aromatic rings. The van der Waals surface area contributed by atoms with Crippen LogP contribution < -0.4 is 10.6 Å². The summed E-state index contributed by atoms with van der Waals surface area (Å²) in [5, 5.41) is 6.28. The smallest absolute Gasteiger partial charge is 0.191 e. The van der Waals surface area contributed by atoms with Crippen LogP contribution in [0.25, 0.3) is 0 Å². The van der Waals surface area contributed by atoms with Crippen molar-refractivity contribution in [1.82, 2.24) is 15.5 Å². The molecule has 2 N–H and O–H groups in total. The van der Waals surface area contributed by atoms with Gasteiger partial charge in [0, 0.05) is 24.9 Å². The molecule has 1 aliphatic heterocycles. The van der Waals surface area contributed by atoms with Crippen LogP contribution in [0.3, 0.4) is 0 Å². The number of rotatable bonds is 8. The van der Waals surface area contributed by atoms with Gasteiger partial charge >= 0.3 is 0 Å². The summed E-state index contributed by atoms with van der Waals surface area (Å²) in [5.74, 6) is 1.06. The Morgan fingerprint density at radius 3 is 2.67 bits per heavy atom. The molecule has 0 bridgehead atoms. The van der Waals surface area contributed by atoms with Crippen LogP contribution in [0.15, 0.2) is 4.99 Å². The lowest BCUT2D eigenvalue weighted by Crippen LogP contribution is -2.41. The number of nitrogens with one attached hydrogen (secondary N) is 2. The summed E-state index contributed by atoms with van der Waals surface area (Å²) in [5.41, 5.74) is 0. The van der Waals surface area contributed by atoms with Crippen molar-refractivity contribution in [2.75, 3.05) is 44.2 Å². The number of nitrogens with zero attached hydrogens (tertiary/aromatic N) is 2. The van der Waals surface area contributed by atoms with Crippen molar-refractivity contribution < 1.29 is 8.42 Å². The Labute approximate surface area is 129 Å². The lowest BCUT2D eigenvalue weighted by atomic mass is 10.2. The molecule has 1 atom stereocenters. The van der Waals surface area contributed by atoms with E-state index in [1.54, 1.807) is 6.92 Å². The van der Waals surface area contributed by atoms with E-state index < -0.39 is 9.84 Å². The molecule has 0 spiro atoms. The molecule has 124 valence electrons. The van der Waals surface area contributed by atoms with Gasteiger partial charge in [-0.3, -0.25) is 9.89 Å². The Morgan fingerprint density at radius 2 is 2.05 bits per heavy atom. The molecule has 0 radical (unpaired) electrons. The Bertz CT molecular complexity index is 423. The first-order valence-corrected chi connectivity index (χ1v) is 9.81. The van der Waals surface area contributed by atoms with Gasteiger partial charge in [0.1, 0.15) is 0 Å². The molecule has 0 aliphatic carbocycles. The second kappa shape index (κ2) is 9.25. The number of aliphatic imine (C=N–C) groups is 1. The SMILES string of the molecule is CCNC(=NCC1CCCN1CC)NCCS(=O)(=O)CC. The highest BCUT2D eigenvalue weighted by Gasteiger charge is 2.22. The zero-order chi connectivity index (χ0) is 15.7. The third kappa shape index (κ3) is 6.65. The molecule has 0 aromatic heterocycles. The maximum Gasteiger partial charge on any atom is 0.191 e. The highest BCUT2D eigenvalue weighted by Crippen LogP contribution is 2.16. The number of likely N-dealkylation sites (tertiary alicyclic amines) is 1. The van der Waals surface area contributed by atoms with Crippen molar-refractivity contribution in [3.8, 4) is 0 Å². The minimum Gasteiger partial charge on any atom is -0.357 e. The maximum absolute atomic E-state index is 11.5.